The molecule has 0 radical (unpaired) electrons. The third-order valence-corrected chi connectivity index (χ3v) is 3.34. The number of nitrogens with one attached hydrogen (secondary N) is 2. The van der Waals surface area contributed by atoms with E-state index in [1.54, 1.807) is 17.4 Å². The minimum absolute atomic E-state index is 0.276. The normalized spacial score (nSPS) is 10.9. The highest BCUT2D eigenvalue weighted by molar-refractivity contribution is 7.07. The van der Waals surface area contributed by atoms with Crippen LogP contribution in [0.25, 0.3) is 5.65 Å². The fourth-order valence-corrected chi connectivity index (χ4v) is 2.38. The molecule has 18 heavy (non-hydrogen) atoms. The van der Waals surface area contributed by atoms with Crippen molar-refractivity contribution in [1.82, 2.24) is 19.6 Å². The third-order valence-electron chi connectivity index (χ3n) is 2.61. The van der Waals surface area contributed by atoms with Gasteiger partial charge in [-0.2, -0.15) is 16.4 Å². The van der Waals surface area contributed by atoms with Crippen molar-refractivity contribution < 1.29 is 0 Å². The molecule has 2 N–H and O–H groups in total. The number of rotatable bonds is 4. The van der Waals surface area contributed by atoms with E-state index in [-0.39, 0.29) is 5.69 Å². The second-order valence-electron chi connectivity index (χ2n) is 3.84. The van der Waals surface area contributed by atoms with Crippen molar-refractivity contribution >= 4 is 22.8 Å². The number of hydrogen-bond acceptors (Lipinski definition) is 5. The lowest BCUT2D eigenvalue weighted by atomic mass is 10.2. The van der Waals surface area contributed by atoms with E-state index in [0.717, 1.165) is 18.8 Å². The van der Waals surface area contributed by atoms with Crippen LogP contribution in [0.3, 0.4) is 0 Å². The molecule has 3 rings (SSSR count). The number of fused-ring (bicyclic) bond motifs is 1. The number of anilines is 1. The van der Waals surface area contributed by atoms with Crippen LogP contribution in [0.4, 0.5) is 5.82 Å². The Morgan fingerprint density at radius 3 is 3.28 bits per heavy atom. The standard InChI is InChI=1S/C11H11N5OS/c17-11-15-14-10-5-9(13-7-16(10)11)12-3-1-8-2-4-18-6-8/h2,4-7,12H,1,3H2,(H,15,17). The van der Waals surface area contributed by atoms with Crippen molar-refractivity contribution in [3.8, 4) is 0 Å². The van der Waals surface area contributed by atoms with Gasteiger partial charge in [0.05, 0.1) is 0 Å². The van der Waals surface area contributed by atoms with Crippen molar-refractivity contribution in [2.45, 2.75) is 6.42 Å². The monoisotopic (exact) mass is 261 g/mol. The Labute approximate surface area is 106 Å². The maximum Gasteiger partial charge on any atom is 0.348 e. The molecular formula is C11H11N5OS. The summed E-state index contributed by atoms with van der Waals surface area (Å²) in [5.41, 5.74) is 1.60. The lowest BCUT2D eigenvalue weighted by Gasteiger charge is -2.04. The van der Waals surface area contributed by atoms with E-state index in [2.05, 4.69) is 37.3 Å². The molecule has 0 atom stereocenters. The minimum Gasteiger partial charge on any atom is -0.370 e. The van der Waals surface area contributed by atoms with E-state index in [0.29, 0.717) is 5.65 Å². The summed E-state index contributed by atoms with van der Waals surface area (Å²) in [5, 5.41) is 13.7. The summed E-state index contributed by atoms with van der Waals surface area (Å²) in [7, 11) is 0. The van der Waals surface area contributed by atoms with Crippen LogP contribution in [0.2, 0.25) is 0 Å². The molecule has 3 heterocycles. The van der Waals surface area contributed by atoms with Crippen molar-refractivity contribution in [3.63, 3.8) is 0 Å². The van der Waals surface area contributed by atoms with Crippen LogP contribution in [-0.2, 0) is 6.42 Å². The van der Waals surface area contributed by atoms with Gasteiger partial charge in [0.15, 0.2) is 5.65 Å². The van der Waals surface area contributed by atoms with Gasteiger partial charge in [0.1, 0.15) is 12.1 Å². The number of aromatic nitrogens is 4. The Balaban J connectivity index is 1.69. The Morgan fingerprint density at radius 2 is 2.44 bits per heavy atom. The summed E-state index contributed by atoms with van der Waals surface area (Å²) in [5.74, 6) is 0.719. The molecular weight excluding hydrogens is 250 g/mol. The van der Waals surface area contributed by atoms with Gasteiger partial charge in [0.25, 0.3) is 0 Å². The topological polar surface area (TPSA) is 75.1 Å². The summed E-state index contributed by atoms with van der Waals surface area (Å²) < 4.78 is 1.37. The smallest absolute Gasteiger partial charge is 0.348 e. The molecule has 3 aromatic heterocycles. The predicted octanol–water partition coefficient (Wildman–Crippen LogP) is 1.13. The van der Waals surface area contributed by atoms with Crippen molar-refractivity contribution in [3.05, 3.63) is 45.3 Å². The number of hydrogen-bond donors (Lipinski definition) is 2. The summed E-state index contributed by atoms with van der Waals surface area (Å²) in [6.07, 6.45) is 2.41. The molecule has 92 valence electrons. The molecule has 6 nitrogen and oxygen atoms in total. The molecule has 0 spiro atoms. The van der Waals surface area contributed by atoms with Crippen molar-refractivity contribution in [2.75, 3.05) is 11.9 Å². The van der Waals surface area contributed by atoms with E-state index in [1.807, 2.05) is 0 Å². The molecule has 0 aliphatic heterocycles. The quantitative estimate of drug-likeness (QED) is 0.738. The maximum atomic E-state index is 11.2. The highest BCUT2D eigenvalue weighted by Gasteiger charge is 2.01. The highest BCUT2D eigenvalue weighted by atomic mass is 32.1. The molecule has 0 fully saturated rings. The molecule has 7 heteroatoms. The largest absolute Gasteiger partial charge is 0.370 e. The number of nitrogens with zero attached hydrogens (tertiary/aromatic N) is 3. The first-order valence-electron chi connectivity index (χ1n) is 5.51. The number of aromatic amines is 1. The number of H-pyrrole nitrogens is 1. The van der Waals surface area contributed by atoms with Gasteiger partial charge in [-0.05, 0) is 28.8 Å². The van der Waals surface area contributed by atoms with Gasteiger partial charge in [-0.15, -0.1) is 0 Å². The van der Waals surface area contributed by atoms with E-state index in [9.17, 15) is 4.79 Å². The Bertz CT molecular complexity index is 700. The fourth-order valence-electron chi connectivity index (χ4n) is 1.68. The molecule has 3 aromatic rings. The Hall–Kier alpha value is -2.15. The zero-order chi connectivity index (χ0) is 12.4. The summed E-state index contributed by atoms with van der Waals surface area (Å²) in [6, 6.07) is 3.85. The lowest BCUT2D eigenvalue weighted by Crippen LogP contribution is -2.11. The van der Waals surface area contributed by atoms with E-state index < -0.39 is 0 Å². The molecule has 0 aromatic carbocycles. The SMILES string of the molecule is O=c1[nH]nc2cc(NCCc3ccsc3)ncn12. The first kappa shape index (κ1) is 11.0. The highest BCUT2D eigenvalue weighted by Crippen LogP contribution is 2.08. The molecule has 0 aliphatic rings. The summed E-state index contributed by atoms with van der Waals surface area (Å²) in [4.78, 5) is 15.4. The second-order valence-corrected chi connectivity index (χ2v) is 4.62. The molecule has 0 unspecified atom stereocenters. The van der Waals surface area contributed by atoms with Crippen LogP contribution < -0.4 is 11.0 Å². The van der Waals surface area contributed by atoms with Crippen molar-refractivity contribution in [2.24, 2.45) is 0 Å². The molecule has 0 aliphatic carbocycles. The predicted molar refractivity (Wildman–Crippen MR) is 70.1 cm³/mol. The zero-order valence-electron chi connectivity index (χ0n) is 9.46. The van der Waals surface area contributed by atoms with Crippen LogP contribution >= 0.6 is 11.3 Å². The van der Waals surface area contributed by atoms with Gasteiger partial charge in [0, 0.05) is 12.6 Å². The van der Waals surface area contributed by atoms with Gasteiger partial charge < -0.3 is 5.32 Å². The average Bonchev–Trinajstić information content (AvgIpc) is 3.00. The van der Waals surface area contributed by atoms with Gasteiger partial charge in [-0.25, -0.2) is 19.3 Å². The van der Waals surface area contributed by atoms with Gasteiger partial charge in [-0.3, -0.25) is 0 Å². The zero-order valence-corrected chi connectivity index (χ0v) is 10.3. The lowest BCUT2D eigenvalue weighted by molar-refractivity contribution is 0.977. The molecule has 0 saturated carbocycles. The molecule has 0 bridgehead atoms. The third kappa shape index (κ3) is 2.12. The maximum absolute atomic E-state index is 11.2. The van der Waals surface area contributed by atoms with Crippen LogP contribution in [-0.4, -0.2) is 26.1 Å². The van der Waals surface area contributed by atoms with E-state index in [1.165, 1.54) is 16.3 Å². The Kier molecular flexibility index (Phi) is 2.81. The van der Waals surface area contributed by atoms with Gasteiger partial charge in [0.2, 0.25) is 0 Å². The first-order valence-corrected chi connectivity index (χ1v) is 6.45. The molecule has 0 amide bonds. The Morgan fingerprint density at radius 1 is 1.50 bits per heavy atom. The van der Waals surface area contributed by atoms with Gasteiger partial charge >= 0.3 is 5.69 Å². The van der Waals surface area contributed by atoms with Crippen LogP contribution in [0.1, 0.15) is 5.56 Å². The summed E-state index contributed by atoms with van der Waals surface area (Å²) in [6.45, 7) is 0.800. The van der Waals surface area contributed by atoms with Crippen LogP contribution in [0.15, 0.2) is 34.0 Å². The number of thiophene rings is 1. The fraction of sp³-hybridized carbons (Fsp3) is 0.182. The van der Waals surface area contributed by atoms with E-state index in [4.69, 9.17) is 0 Å². The summed E-state index contributed by atoms with van der Waals surface area (Å²) >= 11 is 1.69. The van der Waals surface area contributed by atoms with Crippen molar-refractivity contribution in [1.29, 1.82) is 0 Å². The average molecular weight is 261 g/mol. The van der Waals surface area contributed by atoms with E-state index >= 15 is 0 Å². The minimum atomic E-state index is -0.276. The van der Waals surface area contributed by atoms with Crippen LogP contribution in [0, 0.1) is 0 Å². The van der Waals surface area contributed by atoms with Crippen LogP contribution in [0.5, 0.6) is 0 Å². The first-order chi connectivity index (χ1) is 8.83. The molecule has 0 saturated heterocycles. The second kappa shape index (κ2) is 4.61. The van der Waals surface area contributed by atoms with Gasteiger partial charge in [-0.1, -0.05) is 0 Å².